The molecule has 3 rings (SSSR count). The van der Waals surface area contributed by atoms with Crippen LogP contribution in [0.1, 0.15) is 10.4 Å². The molecular formula is C18H26N3O6+. The van der Waals surface area contributed by atoms with E-state index in [1.54, 1.807) is 25.3 Å². The summed E-state index contributed by atoms with van der Waals surface area (Å²) in [5.74, 6) is 0.866. The molecule has 1 amide bonds. The number of carbonyl (C=O) groups is 1. The molecule has 2 N–H and O–H groups in total. The smallest absolute Gasteiger partial charge is 0.291 e. The molecule has 1 aromatic carbocycles. The summed E-state index contributed by atoms with van der Waals surface area (Å²) in [6.45, 7) is 5.79. The number of amides is 1. The molecule has 0 bridgehead atoms. The van der Waals surface area contributed by atoms with E-state index in [1.165, 1.54) is 4.90 Å². The average Bonchev–Trinajstić information content (AvgIpc) is 3.16. The van der Waals surface area contributed by atoms with Gasteiger partial charge in [0, 0.05) is 12.7 Å². The molecule has 1 saturated heterocycles. The van der Waals surface area contributed by atoms with Crippen LogP contribution in [0.25, 0.3) is 0 Å². The first kappa shape index (κ1) is 19.4. The van der Waals surface area contributed by atoms with Gasteiger partial charge < -0.3 is 28.6 Å². The number of rotatable bonds is 7. The summed E-state index contributed by atoms with van der Waals surface area (Å²) in [6, 6.07) is 5.22. The van der Waals surface area contributed by atoms with Crippen molar-refractivity contribution in [2.75, 3.05) is 66.5 Å². The highest BCUT2D eigenvalue weighted by atomic mass is 16.7. The third kappa shape index (κ3) is 5.81. The minimum atomic E-state index is -0.316. The largest absolute Gasteiger partial charge is 0.463 e. The second-order valence-corrected chi connectivity index (χ2v) is 6.16. The van der Waals surface area contributed by atoms with Gasteiger partial charge in [-0.05, 0) is 18.2 Å². The monoisotopic (exact) mass is 380 g/mol. The van der Waals surface area contributed by atoms with Crippen molar-refractivity contribution >= 4 is 11.9 Å². The van der Waals surface area contributed by atoms with Gasteiger partial charge in [-0.2, -0.15) is 0 Å². The zero-order valence-corrected chi connectivity index (χ0v) is 15.5. The number of nitrogens with one attached hydrogen (secondary N) is 2. The van der Waals surface area contributed by atoms with Gasteiger partial charge in [0.1, 0.15) is 19.7 Å². The molecule has 27 heavy (non-hydrogen) atoms. The van der Waals surface area contributed by atoms with Crippen LogP contribution >= 0.6 is 0 Å². The Labute approximate surface area is 158 Å². The predicted molar refractivity (Wildman–Crippen MR) is 96.5 cm³/mol. The number of fused-ring (bicyclic) bond motifs is 1. The molecule has 2 aliphatic rings. The Kier molecular flexibility index (Phi) is 7.26. The number of aliphatic imine (C=N–C) groups is 1. The molecule has 0 aliphatic carbocycles. The number of nitrogens with zero attached hydrogens (tertiary/aromatic N) is 1. The van der Waals surface area contributed by atoms with Gasteiger partial charge in [0.15, 0.2) is 11.5 Å². The second-order valence-electron chi connectivity index (χ2n) is 6.16. The number of quaternary nitrogens is 1. The van der Waals surface area contributed by atoms with Gasteiger partial charge in [0.2, 0.25) is 6.79 Å². The second kappa shape index (κ2) is 10.1. The molecular weight excluding hydrogens is 354 g/mol. The lowest BCUT2D eigenvalue weighted by Crippen LogP contribution is -3.14. The summed E-state index contributed by atoms with van der Waals surface area (Å²) < 4.78 is 26.5. The molecule has 148 valence electrons. The fourth-order valence-electron chi connectivity index (χ4n) is 2.78. The van der Waals surface area contributed by atoms with Crippen LogP contribution in [0.3, 0.4) is 0 Å². The highest BCUT2D eigenvalue weighted by Crippen LogP contribution is 2.32. The fourth-order valence-corrected chi connectivity index (χ4v) is 2.78. The van der Waals surface area contributed by atoms with E-state index in [4.69, 9.17) is 23.7 Å². The number of morpholine rings is 1. The van der Waals surface area contributed by atoms with Crippen molar-refractivity contribution in [1.82, 2.24) is 5.32 Å². The Bertz CT molecular complexity index is 660. The zero-order valence-electron chi connectivity index (χ0n) is 15.5. The van der Waals surface area contributed by atoms with Crippen molar-refractivity contribution in [3.63, 3.8) is 0 Å². The van der Waals surface area contributed by atoms with E-state index in [1.807, 2.05) is 0 Å². The van der Waals surface area contributed by atoms with Crippen LogP contribution in [0, 0.1) is 0 Å². The van der Waals surface area contributed by atoms with Crippen molar-refractivity contribution in [2.45, 2.75) is 0 Å². The van der Waals surface area contributed by atoms with E-state index < -0.39 is 0 Å². The lowest BCUT2D eigenvalue weighted by molar-refractivity contribution is -0.906. The van der Waals surface area contributed by atoms with Gasteiger partial charge in [0.05, 0.1) is 32.9 Å². The maximum absolute atomic E-state index is 12.5. The lowest BCUT2D eigenvalue weighted by Gasteiger charge is -2.23. The minimum absolute atomic E-state index is 0.164. The summed E-state index contributed by atoms with van der Waals surface area (Å²) in [6.07, 6.45) is 0. The Morgan fingerprint density at radius 1 is 1.22 bits per heavy atom. The first-order chi connectivity index (χ1) is 13.3. The predicted octanol–water partition coefficient (Wildman–Crippen LogP) is -0.921. The van der Waals surface area contributed by atoms with Gasteiger partial charge in [0.25, 0.3) is 11.9 Å². The molecule has 2 aliphatic heterocycles. The van der Waals surface area contributed by atoms with Gasteiger partial charge in [-0.3, -0.25) is 10.1 Å². The molecule has 0 unspecified atom stereocenters. The van der Waals surface area contributed by atoms with Crippen LogP contribution in [-0.2, 0) is 14.2 Å². The molecule has 0 spiro atoms. The summed E-state index contributed by atoms with van der Waals surface area (Å²) >= 11 is 0. The number of hydrogen-bond donors (Lipinski definition) is 2. The molecule has 1 aromatic rings. The number of benzene rings is 1. The molecule has 2 heterocycles. The van der Waals surface area contributed by atoms with E-state index in [0.717, 1.165) is 32.8 Å². The highest BCUT2D eigenvalue weighted by Gasteiger charge is 2.18. The number of methoxy groups -OCH3 is 1. The molecule has 9 heteroatoms. The van der Waals surface area contributed by atoms with Crippen molar-refractivity contribution in [3.8, 4) is 11.5 Å². The molecule has 0 radical (unpaired) electrons. The number of amidine groups is 1. The van der Waals surface area contributed by atoms with Crippen molar-refractivity contribution in [3.05, 3.63) is 23.8 Å². The summed E-state index contributed by atoms with van der Waals surface area (Å²) in [5.41, 5.74) is 0.445. The van der Waals surface area contributed by atoms with E-state index in [2.05, 4.69) is 10.3 Å². The van der Waals surface area contributed by atoms with Gasteiger partial charge in [-0.1, -0.05) is 0 Å². The van der Waals surface area contributed by atoms with Gasteiger partial charge in [-0.25, -0.2) is 4.99 Å². The lowest BCUT2D eigenvalue weighted by atomic mass is 10.2. The number of ether oxygens (including phenoxy) is 5. The molecule has 0 aromatic heterocycles. The third-order valence-electron chi connectivity index (χ3n) is 4.30. The molecule has 0 saturated carbocycles. The Hall–Kier alpha value is -2.36. The van der Waals surface area contributed by atoms with Crippen molar-refractivity contribution in [1.29, 1.82) is 0 Å². The number of hydrogen-bond acceptors (Lipinski definition) is 7. The maximum Gasteiger partial charge on any atom is 0.291 e. The Morgan fingerprint density at radius 3 is 2.85 bits per heavy atom. The zero-order chi connectivity index (χ0) is 18.9. The van der Waals surface area contributed by atoms with Crippen LogP contribution in [0.5, 0.6) is 11.5 Å². The highest BCUT2D eigenvalue weighted by molar-refractivity contribution is 6.04. The van der Waals surface area contributed by atoms with Crippen LogP contribution in [0.15, 0.2) is 23.2 Å². The SMILES string of the molecule is COCCOC(=NCC[NH+]1CCOCC1)NC(=O)c1ccc2c(c1)OCO2. The van der Waals surface area contributed by atoms with Crippen molar-refractivity contribution < 1.29 is 33.4 Å². The van der Waals surface area contributed by atoms with Gasteiger partial charge >= 0.3 is 0 Å². The first-order valence-corrected chi connectivity index (χ1v) is 9.05. The Balaban J connectivity index is 1.57. The van der Waals surface area contributed by atoms with Crippen molar-refractivity contribution in [2.24, 2.45) is 4.99 Å². The molecule has 0 atom stereocenters. The minimum Gasteiger partial charge on any atom is -0.463 e. The topological polar surface area (TPSA) is 92.1 Å². The molecule has 9 nitrogen and oxygen atoms in total. The summed E-state index contributed by atoms with van der Waals surface area (Å²) in [4.78, 5) is 18.4. The molecule has 1 fully saturated rings. The van der Waals surface area contributed by atoms with Crippen LogP contribution in [0.4, 0.5) is 0 Å². The quantitative estimate of drug-likeness (QED) is 0.361. The summed E-state index contributed by atoms with van der Waals surface area (Å²) in [5, 5.41) is 2.72. The maximum atomic E-state index is 12.5. The van der Waals surface area contributed by atoms with E-state index in [-0.39, 0.29) is 18.7 Å². The van der Waals surface area contributed by atoms with Gasteiger partial charge in [-0.15, -0.1) is 0 Å². The number of carbonyl (C=O) groups excluding carboxylic acids is 1. The van der Waals surface area contributed by atoms with Crippen LogP contribution in [0.2, 0.25) is 0 Å². The van der Waals surface area contributed by atoms with E-state index in [9.17, 15) is 4.79 Å². The van der Waals surface area contributed by atoms with E-state index >= 15 is 0 Å². The fraction of sp³-hybridized carbons (Fsp3) is 0.556. The first-order valence-electron chi connectivity index (χ1n) is 9.05. The van der Waals surface area contributed by atoms with E-state index in [0.29, 0.717) is 36.8 Å². The standard InChI is InChI=1S/C18H25N3O6/c1-23-10-11-25-18(19-4-5-21-6-8-24-9-7-21)20-17(22)14-2-3-15-16(12-14)27-13-26-15/h2-3,12H,4-11,13H2,1H3,(H,19,20,22)/p+1. The van der Waals surface area contributed by atoms with Crippen LogP contribution < -0.4 is 19.7 Å². The summed E-state index contributed by atoms with van der Waals surface area (Å²) in [7, 11) is 1.59. The average molecular weight is 380 g/mol. The van der Waals surface area contributed by atoms with Crippen LogP contribution in [-0.4, -0.2) is 78.4 Å². The third-order valence-corrected chi connectivity index (χ3v) is 4.30. The normalized spacial score (nSPS) is 17.0. The Morgan fingerprint density at radius 2 is 2.04 bits per heavy atom.